The van der Waals surface area contributed by atoms with Crippen LogP contribution in [-0.4, -0.2) is 31.8 Å². The maximum Gasteiger partial charge on any atom is 0.311 e. The van der Waals surface area contributed by atoms with E-state index in [2.05, 4.69) is 10.5 Å². The molecule has 3 N–H and O–H groups in total. The summed E-state index contributed by atoms with van der Waals surface area (Å²) < 4.78 is 9.68. The minimum absolute atomic E-state index is 0.203. The van der Waals surface area contributed by atoms with Crippen LogP contribution in [0, 0.1) is 0 Å². The predicted octanol–water partition coefficient (Wildman–Crippen LogP) is -1.05. The van der Waals surface area contributed by atoms with Gasteiger partial charge in [0.1, 0.15) is 18.6 Å². The van der Waals surface area contributed by atoms with E-state index in [0.717, 1.165) is 6.42 Å². The van der Waals surface area contributed by atoms with Gasteiger partial charge < -0.3 is 15.2 Å². The highest BCUT2D eigenvalue weighted by atomic mass is 16.5. The van der Waals surface area contributed by atoms with E-state index in [1.807, 2.05) is 0 Å². The molecule has 1 heterocycles. The Bertz CT molecular complexity index is 152. The van der Waals surface area contributed by atoms with Crippen LogP contribution < -0.4 is 5.73 Å². The Morgan fingerprint density at radius 3 is 3.00 bits per heavy atom. The van der Waals surface area contributed by atoms with Crippen LogP contribution in [0.1, 0.15) is 12.8 Å². The molecule has 1 saturated heterocycles. The lowest BCUT2D eigenvalue weighted by molar-refractivity contribution is -0.473. The largest absolute Gasteiger partial charge is 0.469 e. The fraction of sp³-hybridized carbons (Fsp3) is 0.857. The van der Waals surface area contributed by atoms with Gasteiger partial charge in [-0.3, -0.25) is 4.79 Å². The highest BCUT2D eigenvalue weighted by molar-refractivity contribution is 5.70. The molecule has 0 saturated carbocycles. The number of carbonyl (C=O) groups excluding carboxylic acids is 1. The van der Waals surface area contributed by atoms with Gasteiger partial charge in [0.05, 0.1) is 13.7 Å². The molecule has 1 fully saturated rings. The Morgan fingerprint density at radius 1 is 1.82 bits per heavy atom. The molecule has 1 rings (SSSR count). The summed E-state index contributed by atoms with van der Waals surface area (Å²) >= 11 is 0. The second-order valence-corrected chi connectivity index (χ2v) is 3.06. The maximum absolute atomic E-state index is 10.9. The lowest BCUT2D eigenvalue weighted by atomic mass is 9.96. The van der Waals surface area contributed by atoms with Crippen molar-refractivity contribution in [3.63, 3.8) is 0 Å². The van der Waals surface area contributed by atoms with Gasteiger partial charge in [-0.15, -0.1) is 0 Å². The van der Waals surface area contributed by atoms with Gasteiger partial charge in [0.15, 0.2) is 0 Å². The number of esters is 1. The third-order valence-electron chi connectivity index (χ3n) is 1.93. The van der Waals surface area contributed by atoms with Crippen molar-refractivity contribution >= 4 is 5.97 Å². The average Bonchev–Trinajstić information content (AvgIpc) is 2.36. The lowest BCUT2D eigenvalue weighted by Gasteiger charge is -2.15. The molecule has 4 heteroatoms. The van der Waals surface area contributed by atoms with Gasteiger partial charge in [0.25, 0.3) is 0 Å². The Morgan fingerprint density at radius 2 is 2.55 bits per heavy atom. The van der Waals surface area contributed by atoms with Gasteiger partial charge in [-0.05, 0) is 0 Å². The molecule has 0 aromatic carbocycles. The smallest absolute Gasteiger partial charge is 0.311 e. The second-order valence-electron chi connectivity index (χ2n) is 3.06. The molecule has 0 aliphatic carbocycles. The van der Waals surface area contributed by atoms with E-state index in [1.54, 1.807) is 0 Å². The first-order chi connectivity index (χ1) is 5.16. The first-order valence-electron chi connectivity index (χ1n) is 3.66. The number of hydrogen-bond donors (Lipinski definition) is 1. The zero-order chi connectivity index (χ0) is 8.32. The highest BCUT2D eigenvalue weighted by Gasteiger charge is 2.37. The van der Waals surface area contributed by atoms with Crippen molar-refractivity contribution in [2.24, 2.45) is 0 Å². The summed E-state index contributed by atoms with van der Waals surface area (Å²) in [4.78, 5) is 10.9. The third kappa shape index (κ3) is 2.17. The summed E-state index contributed by atoms with van der Waals surface area (Å²) in [5.74, 6) is -0.203. The Kier molecular flexibility index (Phi) is 2.46. The first-order valence-corrected chi connectivity index (χ1v) is 3.66. The summed E-state index contributed by atoms with van der Waals surface area (Å²) in [7, 11) is 1.39. The molecule has 1 aliphatic heterocycles. The molecule has 0 aromatic rings. The van der Waals surface area contributed by atoms with Crippen LogP contribution in [0.15, 0.2) is 0 Å². The van der Waals surface area contributed by atoms with E-state index in [4.69, 9.17) is 4.74 Å². The van der Waals surface area contributed by atoms with E-state index in [9.17, 15) is 4.79 Å². The van der Waals surface area contributed by atoms with Crippen molar-refractivity contribution < 1.29 is 20.0 Å². The van der Waals surface area contributed by atoms with Crippen molar-refractivity contribution in [1.29, 1.82) is 0 Å². The standard InChI is InChI=1S/C7H13NO3/c1-10-6(9)4-7(8)2-3-11-5-7/h2-5,8H2,1H3/p+1. The predicted molar refractivity (Wildman–Crippen MR) is 37.7 cm³/mol. The van der Waals surface area contributed by atoms with E-state index < -0.39 is 0 Å². The Balaban J connectivity index is 2.39. The van der Waals surface area contributed by atoms with E-state index in [1.165, 1.54) is 7.11 Å². The van der Waals surface area contributed by atoms with Crippen molar-refractivity contribution in [3.8, 4) is 0 Å². The number of ether oxygens (including phenoxy) is 2. The lowest BCUT2D eigenvalue weighted by Crippen LogP contribution is -2.73. The zero-order valence-electron chi connectivity index (χ0n) is 6.76. The van der Waals surface area contributed by atoms with Crippen LogP contribution in [-0.2, 0) is 14.3 Å². The molecule has 0 aromatic heterocycles. The molecule has 11 heavy (non-hydrogen) atoms. The fourth-order valence-electron chi connectivity index (χ4n) is 1.17. The maximum atomic E-state index is 10.9. The molecule has 1 unspecified atom stereocenters. The van der Waals surface area contributed by atoms with Gasteiger partial charge in [0, 0.05) is 6.42 Å². The molecule has 64 valence electrons. The van der Waals surface area contributed by atoms with Crippen molar-refractivity contribution in [3.05, 3.63) is 0 Å². The quantitative estimate of drug-likeness (QED) is 0.524. The van der Waals surface area contributed by atoms with Crippen LogP contribution in [0.25, 0.3) is 0 Å². The van der Waals surface area contributed by atoms with Crippen molar-refractivity contribution in [1.82, 2.24) is 0 Å². The van der Waals surface area contributed by atoms with Crippen LogP contribution in [0.5, 0.6) is 0 Å². The highest BCUT2D eigenvalue weighted by Crippen LogP contribution is 2.17. The zero-order valence-corrected chi connectivity index (χ0v) is 6.76. The fourth-order valence-corrected chi connectivity index (χ4v) is 1.17. The van der Waals surface area contributed by atoms with Gasteiger partial charge in [-0.2, -0.15) is 0 Å². The molecule has 1 aliphatic rings. The molecule has 1 atom stereocenters. The number of carbonyl (C=O) groups is 1. The van der Waals surface area contributed by atoms with E-state index in [0.29, 0.717) is 19.6 Å². The average molecular weight is 160 g/mol. The number of hydrogen-bond acceptors (Lipinski definition) is 3. The molecule has 0 bridgehead atoms. The molecule has 0 radical (unpaired) electrons. The monoisotopic (exact) mass is 160 g/mol. The van der Waals surface area contributed by atoms with Gasteiger partial charge in [-0.1, -0.05) is 0 Å². The van der Waals surface area contributed by atoms with Crippen LogP contribution in [0.3, 0.4) is 0 Å². The minimum Gasteiger partial charge on any atom is -0.469 e. The molecular formula is C7H14NO3+. The topological polar surface area (TPSA) is 63.2 Å². The van der Waals surface area contributed by atoms with Crippen molar-refractivity contribution in [2.75, 3.05) is 20.3 Å². The summed E-state index contributed by atoms with van der Waals surface area (Å²) in [5, 5.41) is 0. The Labute approximate surface area is 65.7 Å². The first kappa shape index (κ1) is 8.49. The summed E-state index contributed by atoms with van der Waals surface area (Å²) in [6.45, 7) is 1.28. The Hall–Kier alpha value is -0.610. The van der Waals surface area contributed by atoms with E-state index >= 15 is 0 Å². The molecule has 0 amide bonds. The number of rotatable bonds is 2. The van der Waals surface area contributed by atoms with Crippen LogP contribution in [0.4, 0.5) is 0 Å². The van der Waals surface area contributed by atoms with E-state index in [-0.39, 0.29) is 11.5 Å². The SMILES string of the molecule is COC(=O)CC1([NH3+])CCOC1. The normalized spacial score (nSPS) is 30.4. The molecular weight excluding hydrogens is 146 g/mol. The molecule has 0 spiro atoms. The second kappa shape index (κ2) is 3.19. The number of quaternary nitrogens is 1. The summed E-state index contributed by atoms with van der Waals surface area (Å²) in [6.07, 6.45) is 1.21. The molecule has 4 nitrogen and oxygen atoms in total. The minimum atomic E-state index is -0.229. The summed E-state index contributed by atoms with van der Waals surface area (Å²) in [6, 6.07) is 0. The van der Waals surface area contributed by atoms with Gasteiger partial charge >= 0.3 is 5.97 Å². The number of methoxy groups -OCH3 is 1. The summed E-state index contributed by atoms with van der Waals surface area (Å²) in [5.41, 5.74) is 3.70. The van der Waals surface area contributed by atoms with Gasteiger partial charge in [0.2, 0.25) is 0 Å². The van der Waals surface area contributed by atoms with Crippen LogP contribution >= 0.6 is 0 Å². The van der Waals surface area contributed by atoms with Crippen LogP contribution in [0.2, 0.25) is 0 Å². The third-order valence-corrected chi connectivity index (χ3v) is 1.93. The van der Waals surface area contributed by atoms with Crippen molar-refractivity contribution in [2.45, 2.75) is 18.4 Å². The van der Waals surface area contributed by atoms with Gasteiger partial charge in [-0.25, -0.2) is 0 Å².